The Morgan fingerprint density at radius 1 is 1.22 bits per heavy atom. The molecule has 0 atom stereocenters. The number of nitrogens with two attached hydrogens (primary N) is 1. The second kappa shape index (κ2) is 8.22. The van der Waals surface area contributed by atoms with Crippen LogP contribution in [0.3, 0.4) is 0 Å². The van der Waals surface area contributed by atoms with Gasteiger partial charge in [-0.1, -0.05) is 0 Å². The Bertz CT molecular complexity index is 1050. The first-order valence-electron chi connectivity index (χ1n) is 8.28. The highest BCUT2D eigenvalue weighted by molar-refractivity contribution is 14.1. The van der Waals surface area contributed by atoms with Gasteiger partial charge in [-0.15, -0.1) is 0 Å². The Labute approximate surface area is 168 Å². The van der Waals surface area contributed by atoms with E-state index in [1.807, 2.05) is 22.6 Å². The molecule has 0 bridgehead atoms. The number of nitrogens with one attached hydrogen (secondary N) is 1. The molecule has 27 heavy (non-hydrogen) atoms. The zero-order valence-corrected chi connectivity index (χ0v) is 16.7. The van der Waals surface area contributed by atoms with Crippen LogP contribution in [0.1, 0.15) is 6.42 Å². The van der Waals surface area contributed by atoms with Crippen molar-refractivity contribution in [1.82, 2.24) is 4.57 Å². The highest BCUT2D eigenvalue weighted by atomic mass is 127. The summed E-state index contributed by atoms with van der Waals surface area (Å²) in [5, 5.41) is 3.06. The van der Waals surface area contributed by atoms with E-state index in [4.69, 9.17) is 10.5 Å². The summed E-state index contributed by atoms with van der Waals surface area (Å²) in [7, 11) is 1.69. The van der Waals surface area contributed by atoms with Crippen molar-refractivity contribution >= 4 is 44.9 Å². The molecule has 0 amide bonds. The van der Waals surface area contributed by atoms with Gasteiger partial charge < -0.3 is 20.4 Å². The quantitative estimate of drug-likeness (QED) is 0.411. The molecule has 5 nitrogen and oxygen atoms in total. The van der Waals surface area contributed by atoms with Crippen LogP contribution in [0.25, 0.3) is 10.9 Å². The molecule has 0 unspecified atom stereocenters. The Kier molecular flexibility index (Phi) is 5.95. The van der Waals surface area contributed by atoms with Crippen molar-refractivity contribution in [3.8, 4) is 5.75 Å². The standard InChI is InChI=1S/C19H18F2IN3O2/c1-25-10-17(27-6-2-5-23)19(26)18-15(7-11(20)8-16(18)25)24-14-4-3-12(22)9-13(14)21/h3-4,7-10,24H,2,5-6,23H2,1H3. The van der Waals surface area contributed by atoms with Gasteiger partial charge in [0, 0.05) is 10.6 Å². The van der Waals surface area contributed by atoms with Gasteiger partial charge in [0.05, 0.1) is 35.1 Å². The third-order valence-corrected chi connectivity index (χ3v) is 4.70. The van der Waals surface area contributed by atoms with E-state index in [1.54, 1.807) is 23.7 Å². The summed E-state index contributed by atoms with van der Waals surface area (Å²) < 4.78 is 36.2. The smallest absolute Gasteiger partial charge is 0.233 e. The van der Waals surface area contributed by atoms with Crippen LogP contribution in [0.2, 0.25) is 0 Å². The topological polar surface area (TPSA) is 69.3 Å². The van der Waals surface area contributed by atoms with Crippen LogP contribution >= 0.6 is 22.6 Å². The maximum atomic E-state index is 14.2. The van der Waals surface area contributed by atoms with E-state index >= 15 is 0 Å². The number of pyridine rings is 1. The molecule has 0 fully saturated rings. The maximum absolute atomic E-state index is 14.2. The number of anilines is 2. The molecule has 0 saturated carbocycles. The minimum absolute atomic E-state index is 0.135. The van der Waals surface area contributed by atoms with Crippen LogP contribution in [-0.4, -0.2) is 17.7 Å². The summed E-state index contributed by atoms with van der Waals surface area (Å²) in [6.07, 6.45) is 2.11. The molecule has 2 aromatic carbocycles. The highest BCUT2D eigenvalue weighted by Gasteiger charge is 2.16. The monoisotopic (exact) mass is 485 g/mol. The van der Waals surface area contributed by atoms with Gasteiger partial charge in [-0.25, -0.2) is 8.78 Å². The van der Waals surface area contributed by atoms with Crippen molar-refractivity contribution in [2.24, 2.45) is 12.8 Å². The Balaban J connectivity index is 2.14. The highest BCUT2D eigenvalue weighted by Crippen LogP contribution is 2.29. The third kappa shape index (κ3) is 4.22. The fourth-order valence-corrected chi connectivity index (χ4v) is 3.19. The van der Waals surface area contributed by atoms with Crippen LogP contribution in [0.5, 0.6) is 5.75 Å². The first-order valence-corrected chi connectivity index (χ1v) is 9.36. The average Bonchev–Trinajstić information content (AvgIpc) is 2.61. The molecule has 8 heteroatoms. The van der Waals surface area contributed by atoms with E-state index in [0.29, 0.717) is 25.1 Å². The number of benzene rings is 2. The van der Waals surface area contributed by atoms with Crippen molar-refractivity contribution in [2.75, 3.05) is 18.5 Å². The molecule has 0 aliphatic heterocycles. The van der Waals surface area contributed by atoms with Crippen molar-refractivity contribution in [1.29, 1.82) is 0 Å². The lowest BCUT2D eigenvalue weighted by Gasteiger charge is -2.15. The minimum atomic E-state index is -0.539. The molecular formula is C19H18F2IN3O2. The molecule has 0 spiro atoms. The number of fused-ring (bicyclic) bond motifs is 1. The number of aryl methyl sites for hydroxylation is 1. The Morgan fingerprint density at radius 3 is 2.70 bits per heavy atom. The average molecular weight is 485 g/mol. The van der Waals surface area contributed by atoms with Gasteiger partial charge in [0.2, 0.25) is 5.43 Å². The SMILES string of the molecule is Cn1cc(OCCCN)c(=O)c2c(Nc3ccc(I)cc3F)cc(F)cc21. The largest absolute Gasteiger partial charge is 0.488 e. The Hall–Kier alpha value is -2.20. The molecule has 0 radical (unpaired) electrons. The first kappa shape index (κ1) is 19.6. The van der Waals surface area contributed by atoms with Gasteiger partial charge in [-0.05, 0) is 65.9 Å². The molecule has 1 aromatic heterocycles. The summed E-state index contributed by atoms with van der Waals surface area (Å²) >= 11 is 2.00. The summed E-state index contributed by atoms with van der Waals surface area (Å²) in [5.41, 5.74) is 5.76. The molecule has 0 aliphatic carbocycles. The Morgan fingerprint density at radius 2 is 2.00 bits per heavy atom. The molecule has 0 aliphatic rings. The van der Waals surface area contributed by atoms with Crippen LogP contribution in [0.4, 0.5) is 20.2 Å². The number of rotatable bonds is 6. The van der Waals surface area contributed by atoms with E-state index in [1.165, 1.54) is 24.4 Å². The lowest BCUT2D eigenvalue weighted by Crippen LogP contribution is -2.16. The van der Waals surface area contributed by atoms with Crippen LogP contribution in [-0.2, 0) is 7.05 Å². The van der Waals surface area contributed by atoms with Crippen molar-refractivity contribution in [3.05, 3.63) is 62.0 Å². The normalized spacial score (nSPS) is 11.0. The lowest BCUT2D eigenvalue weighted by molar-refractivity contribution is 0.309. The number of aromatic nitrogens is 1. The predicted octanol–water partition coefficient (Wildman–Crippen LogP) is 3.89. The summed E-state index contributed by atoms with van der Waals surface area (Å²) in [6.45, 7) is 0.741. The fourth-order valence-electron chi connectivity index (χ4n) is 2.74. The first-order chi connectivity index (χ1) is 12.9. The zero-order chi connectivity index (χ0) is 19.6. The van der Waals surface area contributed by atoms with Crippen LogP contribution < -0.4 is 21.2 Å². The minimum Gasteiger partial charge on any atom is -0.488 e. The van der Waals surface area contributed by atoms with Crippen molar-refractivity contribution < 1.29 is 13.5 Å². The van der Waals surface area contributed by atoms with E-state index in [-0.39, 0.29) is 22.5 Å². The van der Waals surface area contributed by atoms with Gasteiger partial charge in [-0.2, -0.15) is 0 Å². The molecule has 1 heterocycles. The second-order valence-electron chi connectivity index (χ2n) is 6.02. The third-order valence-electron chi connectivity index (χ3n) is 4.03. The summed E-state index contributed by atoms with van der Waals surface area (Å²) in [6, 6.07) is 7.04. The number of ether oxygens (including phenoxy) is 1. The van der Waals surface area contributed by atoms with Crippen molar-refractivity contribution in [3.63, 3.8) is 0 Å². The molecular weight excluding hydrogens is 467 g/mol. The van der Waals surface area contributed by atoms with Gasteiger partial charge in [-0.3, -0.25) is 4.79 Å². The van der Waals surface area contributed by atoms with Gasteiger partial charge in [0.15, 0.2) is 5.75 Å². The van der Waals surface area contributed by atoms with E-state index < -0.39 is 17.1 Å². The molecule has 3 N–H and O–H groups in total. The lowest BCUT2D eigenvalue weighted by atomic mass is 10.1. The van der Waals surface area contributed by atoms with Gasteiger partial charge >= 0.3 is 0 Å². The van der Waals surface area contributed by atoms with Crippen LogP contribution in [0.15, 0.2) is 41.3 Å². The fraction of sp³-hybridized carbons (Fsp3) is 0.211. The number of hydrogen-bond acceptors (Lipinski definition) is 4. The number of nitrogens with zero attached hydrogens (tertiary/aromatic N) is 1. The molecule has 0 saturated heterocycles. The summed E-state index contributed by atoms with van der Waals surface area (Å²) in [5.74, 6) is -0.898. The van der Waals surface area contributed by atoms with E-state index in [0.717, 1.165) is 3.57 Å². The molecule has 142 valence electrons. The number of halogens is 3. The van der Waals surface area contributed by atoms with E-state index in [9.17, 15) is 13.6 Å². The van der Waals surface area contributed by atoms with E-state index in [2.05, 4.69) is 5.32 Å². The molecule has 3 rings (SSSR count). The molecule has 3 aromatic rings. The van der Waals surface area contributed by atoms with Gasteiger partial charge in [0.25, 0.3) is 0 Å². The van der Waals surface area contributed by atoms with Crippen molar-refractivity contribution in [2.45, 2.75) is 6.42 Å². The predicted molar refractivity (Wildman–Crippen MR) is 111 cm³/mol. The van der Waals surface area contributed by atoms with Gasteiger partial charge in [0.1, 0.15) is 11.6 Å². The van der Waals surface area contributed by atoms with Crippen LogP contribution in [0, 0.1) is 15.2 Å². The zero-order valence-electron chi connectivity index (χ0n) is 14.6. The number of hydrogen-bond donors (Lipinski definition) is 2. The maximum Gasteiger partial charge on any atom is 0.233 e. The summed E-state index contributed by atoms with van der Waals surface area (Å²) in [4.78, 5) is 12.9. The second-order valence-corrected chi connectivity index (χ2v) is 7.27.